The van der Waals surface area contributed by atoms with Gasteiger partial charge in [0.05, 0.1) is 28.2 Å². The van der Waals surface area contributed by atoms with E-state index in [0.717, 1.165) is 10.9 Å². The molecule has 0 aliphatic rings. The fourth-order valence-corrected chi connectivity index (χ4v) is 2.64. The van der Waals surface area contributed by atoms with Crippen molar-refractivity contribution in [2.75, 3.05) is 11.9 Å². The summed E-state index contributed by atoms with van der Waals surface area (Å²) < 4.78 is 39.5. The van der Waals surface area contributed by atoms with Crippen LogP contribution >= 0.6 is 23.2 Å². The quantitative estimate of drug-likeness (QED) is 0.803. The molecule has 0 bridgehead atoms. The van der Waals surface area contributed by atoms with Gasteiger partial charge in [0.2, 0.25) is 0 Å². The Bertz CT molecular complexity index is 836. The molecule has 1 aromatic heterocycles. The van der Waals surface area contributed by atoms with Gasteiger partial charge in [-0.1, -0.05) is 23.2 Å². The number of halogens is 5. The summed E-state index contributed by atoms with van der Waals surface area (Å²) in [5, 5.41) is 23.7. The van der Waals surface area contributed by atoms with Crippen LogP contribution in [0.4, 0.5) is 19.0 Å². The summed E-state index contributed by atoms with van der Waals surface area (Å²) in [6.07, 6.45) is -3.71. The lowest BCUT2D eigenvalue weighted by molar-refractivity contribution is -0.138. The lowest BCUT2D eigenvalue weighted by Gasteiger charge is -2.15. The number of aromatic nitrogens is 2. The Kier molecular flexibility index (Phi) is 5.45. The van der Waals surface area contributed by atoms with Crippen molar-refractivity contribution in [2.24, 2.45) is 0 Å². The van der Waals surface area contributed by atoms with Crippen LogP contribution in [-0.4, -0.2) is 27.4 Å². The standard InChI is InChI=1S/C14H9Cl2F3N4O2/c15-9-3-8(14(17,18)19)4-10(16)12(9)23-13(7(5-20)6-22-23)21-2-1-11(24)25/h3-4,6,21H,1-2H2,(H,24,25). The lowest BCUT2D eigenvalue weighted by atomic mass is 10.2. The van der Waals surface area contributed by atoms with Crippen LogP contribution in [0.3, 0.4) is 0 Å². The largest absolute Gasteiger partial charge is 0.481 e. The van der Waals surface area contributed by atoms with Gasteiger partial charge in [-0.25, -0.2) is 4.68 Å². The smallest absolute Gasteiger partial charge is 0.416 e. The van der Waals surface area contributed by atoms with Crippen molar-refractivity contribution in [3.63, 3.8) is 0 Å². The van der Waals surface area contributed by atoms with Crippen LogP contribution in [-0.2, 0) is 11.0 Å². The molecule has 11 heteroatoms. The number of carboxylic acid groups (broad SMARTS) is 1. The first-order valence-corrected chi connectivity index (χ1v) is 7.41. The minimum Gasteiger partial charge on any atom is -0.481 e. The molecule has 0 atom stereocenters. The predicted octanol–water partition coefficient (Wildman–Crippen LogP) is 3.96. The minimum atomic E-state index is -4.63. The van der Waals surface area contributed by atoms with Gasteiger partial charge < -0.3 is 10.4 Å². The fraction of sp³-hybridized carbons (Fsp3) is 0.214. The molecule has 0 fully saturated rings. The highest BCUT2D eigenvalue weighted by atomic mass is 35.5. The second-order valence-corrected chi connectivity index (χ2v) is 5.60. The maximum atomic E-state index is 12.8. The Labute approximate surface area is 149 Å². The molecule has 0 amide bonds. The van der Waals surface area contributed by atoms with Crippen LogP contribution in [0.15, 0.2) is 18.3 Å². The van der Waals surface area contributed by atoms with Crippen LogP contribution in [0.5, 0.6) is 0 Å². The summed E-state index contributed by atoms with van der Waals surface area (Å²) in [4.78, 5) is 10.6. The SMILES string of the molecule is N#Cc1cnn(-c2c(Cl)cc(C(F)(F)F)cc2Cl)c1NCCC(=O)O. The summed E-state index contributed by atoms with van der Waals surface area (Å²) >= 11 is 11.9. The van der Waals surface area contributed by atoms with Crippen molar-refractivity contribution < 1.29 is 23.1 Å². The molecule has 0 aliphatic heterocycles. The molecule has 0 aliphatic carbocycles. The van der Waals surface area contributed by atoms with Crippen LogP contribution in [0, 0.1) is 11.3 Å². The Balaban J connectivity index is 2.50. The Morgan fingerprint density at radius 2 is 1.96 bits per heavy atom. The zero-order valence-electron chi connectivity index (χ0n) is 12.2. The fourth-order valence-electron chi connectivity index (χ4n) is 1.99. The molecule has 6 nitrogen and oxygen atoms in total. The molecule has 2 rings (SSSR count). The summed E-state index contributed by atoms with van der Waals surface area (Å²) in [7, 11) is 0. The topological polar surface area (TPSA) is 90.9 Å². The van der Waals surface area contributed by atoms with Gasteiger partial charge in [-0.15, -0.1) is 0 Å². The van der Waals surface area contributed by atoms with Gasteiger partial charge in [0, 0.05) is 6.54 Å². The number of rotatable bonds is 5. The Morgan fingerprint density at radius 3 is 2.44 bits per heavy atom. The van der Waals surface area contributed by atoms with E-state index in [4.69, 9.17) is 33.6 Å². The monoisotopic (exact) mass is 392 g/mol. The number of nitrogens with zero attached hydrogens (tertiary/aromatic N) is 3. The van der Waals surface area contributed by atoms with E-state index < -0.39 is 17.7 Å². The zero-order valence-corrected chi connectivity index (χ0v) is 13.7. The number of nitriles is 1. The van der Waals surface area contributed by atoms with Gasteiger partial charge in [0.1, 0.15) is 23.1 Å². The second-order valence-electron chi connectivity index (χ2n) is 4.79. The first kappa shape index (κ1) is 18.9. The van der Waals surface area contributed by atoms with E-state index >= 15 is 0 Å². The van der Waals surface area contributed by atoms with E-state index in [0.29, 0.717) is 12.1 Å². The van der Waals surface area contributed by atoms with Crippen molar-refractivity contribution in [2.45, 2.75) is 12.6 Å². The third-order valence-electron chi connectivity index (χ3n) is 3.08. The zero-order chi connectivity index (χ0) is 18.8. The van der Waals surface area contributed by atoms with Gasteiger partial charge >= 0.3 is 12.1 Å². The molecule has 0 saturated heterocycles. The summed E-state index contributed by atoms with van der Waals surface area (Å²) in [6.45, 7) is -0.0361. The Hall–Kier alpha value is -2.44. The van der Waals surface area contributed by atoms with Crippen LogP contribution in [0.1, 0.15) is 17.5 Å². The third-order valence-corrected chi connectivity index (χ3v) is 3.65. The molecule has 1 heterocycles. The van der Waals surface area contributed by atoms with Gasteiger partial charge in [-0.2, -0.15) is 23.5 Å². The average molecular weight is 393 g/mol. The van der Waals surface area contributed by atoms with E-state index in [-0.39, 0.29) is 40.1 Å². The van der Waals surface area contributed by atoms with Crippen molar-refractivity contribution in [3.05, 3.63) is 39.5 Å². The molecule has 2 N–H and O–H groups in total. The van der Waals surface area contributed by atoms with Crippen LogP contribution in [0.2, 0.25) is 10.0 Å². The van der Waals surface area contributed by atoms with E-state index in [1.54, 1.807) is 0 Å². The molecular formula is C14H9Cl2F3N4O2. The maximum absolute atomic E-state index is 12.8. The van der Waals surface area contributed by atoms with Crippen molar-refractivity contribution >= 4 is 35.0 Å². The van der Waals surface area contributed by atoms with Crippen molar-refractivity contribution in [1.82, 2.24) is 9.78 Å². The number of carbonyl (C=O) groups is 1. The number of hydrogen-bond acceptors (Lipinski definition) is 4. The molecule has 25 heavy (non-hydrogen) atoms. The number of benzene rings is 1. The lowest BCUT2D eigenvalue weighted by Crippen LogP contribution is -2.13. The van der Waals surface area contributed by atoms with E-state index in [1.165, 1.54) is 0 Å². The molecule has 132 valence electrons. The molecule has 1 aromatic carbocycles. The second kappa shape index (κ2) is 7.21. The molecule has 0 radical (unpaired) electrons. The average Bonchev–Trinajstić information content (AvgIpc) is 2.88. The van der Waals surface area contributed by atoms with Gasteiger partial charge in [0.15, 0.2) is 0 Å². The van der Waals surface area contributed by atoms with Crippen molar-refractivity contribution in [3.8, 4) is 11.8 Å². The van der Waals surface area contributed by atoms with E-state index in [1.807, 2.05) is 6.07 Å². The molecule has 0 saturated carbocycles. The summed E-state index contributed by atoms with van der Waals surface area (Å²) in [5.74, 6) is -0.991. The number of alkyl halides is 3. The Morgan fingerprint density at radius 1 is 1.36 bits per heavy atom. The normalized spacial score (nSPS) is 11.2. The minimum absolute atomic E-state index is 0.0361. The summed E-state index contributed by atoms with van der Waals surface area (Å²) in [5.41, 5.74) is -1.03. The van der Waals surface area contributed by atoms with Gasteiger partial charge in [-0.05, 0) is 12.1 Å². The molecule has 0 unspecified atom stereocenters. The van der Waals surface area contributed by atoms with E-state index in [9.17, 15) is 18.0 Å². The molecule has 2 aromatic rings. The van der Waals surface area contributed by atoms with Crippen LogP contribution < -0.4 is 5.32 Å². The first-order valence-electron chi connectivity index (χ1n) is 6.65. The molecule has 0 spiro atoms. The van der Waals surface area contributed by atoms with Crippen LogP contribution in [0.25, 0.3) is 5.69 Å². The highest BCUT2D eigenvalue weighted by molar-refractivity contribution is 6.38. The first-order chi connectivity index (χ1) is 11.6. The van der Waals surface area contributed by atoms with Crippen molar-refractivity contribution in [1.29, 1.82) is 5.26 Å². The predicted molar refractivity (Wildman–Crippen MR) is 84.0 cm³/mol. The van der Waals surface area contributed by atoms with E-state index in [2.05, 4.69) is 10.4 Å². The number of nitrogens with one attached hydrogen (secondary N) is 1. The van der Waals surface area contributed by atoms with Gasteiger partial charge in [0.25, 0.3) is 0 Å². The highest BCUT2D eigenvalue weighted by Gasteiger charge is 2.32. The van der Waals surface area contributed by atoms with Gasteiger partial charge in [-0.3, -0.25) is 4.79 Å². The molecular weight excluding hydrogens is 384 g/mol. The number of hydrogen-bond donors (Lipinski definition) is 2. The highest BCUT2D eigenvalue weighted by Crippen LogP contribution is 2.38. The number of carboxylic acids is 1. The summed E-state index contributed by atoms with van der Waals surface area (Å²) in [6, 6.07) is 3.22. The number of anilines is 1. The third kappa shape index (κ3) is 4.15. The maximum Gasteiger partial charge on any atom is 0.416 e. The number of aliphatic carboxylic acids is 1.